The molecule has 0 saturated carbocycles. The van der Waals surface area contributed by atoms with Crippen molar-refractivity contribution in [2.45, 2.75) is 20.4 Å². The Morgan fingerprint density at radius 3 is 2.16 bits per heavy atom. The van der Waals surface area contributed by atoms with E-state index in [1.165, 1.54) is 5.57 Å². The van der Waals surface area contributed by atoms with E-state index >= 15 is 0 Å². The van der Waals surface area contributed by atoms with Crippen LogP contribution in [0.1, 0.15) is 19.4 Å². The molecule has 1 aromatic carbocycles. The predicted octanol–water partition coefficient (Wildman–Crippen LogP) is 2.77. The van der Waals surface area contributed by atoms with Gasteiger partial charge in [0.25, 0.3) is 0 Å². The highest BCUT2D eigenvalue weighted by atomic mass is 16.5. The van der Waals surface area contributed by atoms with Crippen LogP contribution in [0.25, 0.3) is 0 Å². The molecule has 0 saturated heterocycles. The number of ether oxygens (including phenoxy) is 3. The first kappa shape index (κ1) is 15.4. The highest BCUT2D eigenvalue weighted by Crippen LogP contribution is 2.38. The molecule has 1 aromatic rings. The molecule has 106 valence electrons. The zero-order chi connectivity index (χ0) is 14.3. The van der Waals surface area contributed by atoms with Crippen LogP contribution in [-0.4, -0.2) is 27.9 Å². The van der Waals surface area contributed by atoms with Gasteiger partial charge in [0.15, 0.2) is 11.5 Å². The Morgan fingerprint density at radius 2 is 1.74 bits per heavy atom. The first-order valence-electron chi connectivity index (χ1n) is 6.28. The summed E-state index contributed by atoms with van der Waals surface area (Å²) in [5.74, 6) is 2.01. The van der Waals surface area contributed by atoms with Crippen LogP contribution in [0.2, 0.25) is 0 Å². The lowest BCUT2D eigenvalue weighted by atomic mass is 10.2. The summed E-state index contributed by atoms with van der Waals surface area (Å²) in [6.07, 6.45) is 2.01. The molecule has 0 fully saturated rings. The Morgan fingerprint density at radius 1 is 1.16 bits per heavy atom. The van der Waals surface area contributed by atoms with Crippen molar-refractivity contribution < 1.29 is 14.2 Å². The van der Waals surface area contributed by atoms with Crippen molar-refractivity contribution in [2.24, 2.45) is 0 Å². The van der Waals surface area contributed by atoms with E-state index in [0.717, 1.165) is 12.1 Å². The molecule has 0 unspecified atom stereocenters. The molecule has 0 radical (unpaired) electrons. The zero-order valence-electron chi connectivity index (χ0n) is 12.4. The van der Waals surface area contributed by atoms with Crippen LogP contribution >= 0.6 is 0 Å². The minimum atomic E-state index is 0.500. The van der Waals surface area contributed by atoms with E-state index in [9.17, 15) is 0 Å². The lowest BCUT2D eigenvalue weighted by Gasteiger charge is -2.15. The molecule has 1 N–H and O–H groups in total. The van der Waals surface area contributed by atoms with Gasteiger partial charge < -0.3 is 19.5 Å². The van der Waals surface area contributed by atoms with E-state index in [4.69, 9.17) is 14.2 Å². The van der Waals surface area contributed by atoms with Crippen molar-refractivity contribution in [2.75, 3.05) is 27.9 Å². The van der Waals surface area contributed by atoms with Crippen LogP contribution < -0.4 is 19.5 Å². The highest BCUT2D eigenvalue weighted by molar-refractivity contribution is 5.54. The Bertz CT molecular complexity index is 412. The average molecular weight is 265 g/mol. The van der Waals surface area contributed by atoms with Gasteiger partial charge in [-0.05, 0) is 44.7 Å². The monoisotopic (exact) mass is 265 g/mol. The smallest absolute Gasteiger partial charge is 0.203 e. The van der Waals surface area contributed by atoms with E-state index in [1.54, 1.807) is 14.2 Å². The lowest BCUT2D eigenvalue weighted by Crippen LogP contribution is -2.07. The fraction of sp³-hybridized carbons (Fsp3) is 0.467. The first-order valence-corrected chi connectivity index (χ1v) is 6.28. The zero-order valence-corrected chi connectivity index (χ0v) is 12.4. The molecule has 0 amide bonds. The van der Waals surface area contributed by atoms with Gasteiger partial charge >= 0.3 is 0 Å². The minimum absolute atomic E-state index is 0.500. The summed E-state index contributed by atoms with van der Waals surface area (Å²) < 4.78 is 16.5. The highest BCUT2D eigenvalue weighted by Gasteiger charge is 2.13. The van der Waals surface area contributed by atoms with Crippen molar-refractivity contribution in [1.29, 1.82) is 0 Å². The summed E-state index contributed by atoms with van der Waals surface area (Å²) in [5, 5.41) is 3.10. The van der Waals surface area contributed by atoms with Gasteiger partial charge in [-0.15, -0.1) is 0 Å². The summed E-state index contributed by atoms with van der Waals surface area (Å²) in [6, 6.07) is 3.91. The van der Waals surface area contributed by atoms with Gasteiger partial charge in [-0.3, -0.25) is 0 Å². The fourth-order valence-corrected chi connectivity index (χ4v) is 1.67. The molecule has 0 heterocycles. The molecule has 0 aliphatic rings. The normalized spacial score (nSPS) is 9.95. The average Bonchev–Trinajstić information content (AvgIpc) is 2.39. The van der Waals surface area contributed by atoms with E-state index in [2.05, 4.69) is 5.32 Å². The second kappa shape index (κ2) is 7.69. The van der Waals surface area contributed by atoms with Crippen LogP contribution in [0.15, 0.2) is 23.8 Å². The predicted molar refractivity (Wildman–Crippen MR) is 77.2 cm³/mol. The molecule has 0 atom stereocenters. The Hall–Kier alpha value is -1.68. The van der Waals surface area contributed by atoms with Gasteiger partial charge in [0.2, 0.25) is 5.75 Å². The molecule has 0 spiro atoms. The van der Waals surface area contributed by atoms with Crippen molar-refractivity contribution >= 4 is 0 Å². The van der Waals surface area contributed by atoms with Gasteiger partial charge in [-0.25, -0.2) is 0 Å². The van der Waals surface area contributed by atoms with Crippen LogP contribution in [0.4, 0.5) is 0 Å². The fourth-order valence-electron chi connectivity index (χ4n) is 1.67. The Labute approximate surface area is 115 Å². The van der Waals surface area contributed by atoms with Crippen molar-refractivity contribution in [3.63, 3.8) is 0 Å². The standard InChI is InChI=1S/C15H23NO3/c1-11(2)6-7-19-15-13(17-4)8-12(10-16-3)9-14(15)18-5/h6,8-9,16H,7,10H2,1-5H3. The van der Waals surface area contributed by atoms with Crippen molar-refractivity contribution in [3.8, 4) is 17.2 Å². The van der Waals surface area contributed by atoms with Gasteiger partial charge in [-0.2, -0.15) is 0 Å². The quantitative estimate of drug-likeness (QED) is 0.770. The molecule has 0 aromatic heterocycles. The van der Waals surface area contributed by atoms with E-state index in [1.807, 2.05) is 39.1 Å². The molecule has 0 aliphatic carbocycles. The van der Waals surface area contributed by atoms with E-state index in [-0.39, 0.29) is 0 Å². The summed E-state index contributed by atoms with van der Waals surface area (Å²) in [6.45, 7) is 5.32. The first-order chi connectivity index (χ1) is 9.12. The maximum atomic E-state index is 5.75. The van der Waals surface area contributed by atoms with Gasteiger partial charge in [0, 0.05) is 6.54 Å². The van der Waals surface area contributed by atoms with Gasteiger partial charge in [0.1, 0.15) is 6.61 Å². The molecule has 0 bridgehead atoms. The third-order valence-corrected chi connectivity index (χ3v) is 2.62. The third-order valence-electron chi connectivity index (χ3n) is 2.62. The van der Waals surface area contributed by atoms with Crippen LogP contribution in [0.5, 0.6) is 17.2 Å². The summed E-state index contributed by atoms with van der Waals surface area (Å²) >= 11 is 0. The summed E-state index contributed by atoms with van der Waals surface area (Å²) in [7, 11) is 5.16. The maximum Gasteiger partial charge on any atom is 0.203 e. The Balaban J connectivity index is 3.02. The van der Waals surface area contributed by atoms with Crippen molar-refractivity contribution in [3.05, 3.63) is 29.3 Å². The molecule has 0 aliphatic heterocycles. The van der Waals surface area contributed by atoms with Crippen LogP contribution in [0, 0.1) is 0 Å². The maximum absolute atomic E-state index is 5.75. The van der Waals surface area contributed by atoms with Crippen LogP contribution in [0.3, 0.4) is 0 Å². The molecule has 19 heavy (non-hydrogen) atoms. The SMILES string of the molecule is CNCc1cc(OC)c(OCC=C(C)C)c(OC)c1. The molecular weight excluding hydrogens is 242 g/mol. The number of hydrogen-bond acceptors (Lipinski definition) is 4. The summed E-state index contributed by atoms with van der Waals surface area (Å²) in [5.41, 5.74) is 2.30. The second-order valence-corrected chi connectivity index (χ2v) is 4.45. The lowest BCUT2D eigenvalue weighted by molar-refractivity contribution is 0.300. The molecular formula is C15H23NO3. The third kappa shape index (κ3) is 4.48. The Kier molecular flexibility index (Phi) is 6.22. The number of allylic oxidation sites excluding steroid dienone is 1. The topological polar surface area (TPSA) is 39.7 Å². The van der Waals surface area contributed by atoms with Gasteiger partial charge in [-0.1, -0.05) is 5.57 Å². The summed E-state index contributed by atoms with van der Waals surface area (Å²) in [4.78, 5) is 0. The molecule has 4 heteroatoms. The number of methoxy groups -OCH3 is 2. The number of nitrogens with one attached hydrogen (secondary N) is 1. The minimum Gasteiger partial charge on any atom is -0.493 e. The number of rotatable bonds is 7. The number of hydrogen-bond donors (Lipinski definition) is 1. The molecule has 4 nitrogen and oxygen atoms in total. The van der Waals surface area contributed by atoms with Gasteiger partial charge in [0.05, 0.1) is 14.2 Å². The second-order valence-electron chi connectivity index (χ2n) is 4.45. The molecule has 1 rings (SSSR count). The van der Waals surface area contributed by atoms with Crippen LogP contribution in [-0.2, 0) is 6.54 Å². The number of benzene rings is 1. The van der Waals surface area contributed by atoms with E-state index < -0.39 is 0 Å². The van der Waals surface area contributed by atoms with E-state index in [0.29, 0.717) is 23.9 Å². The largest absolute Gasteiger partial charge is 0.493 e. The van der Waals surface area contributed by atoms with Crippen molar-refractivity contribution in [1.82, 2.24) is 5.32 Å².